The van der Waals surface area contributed by atoms with E-state index in [1.807, 2.05) is 0 Å². The van der Waals surface area contributed by atoms with Crippen LogP contribution in [0.2, 0.25) is 0 Å². The first kappa shape index (κ1) is 9.32. The minimum atomic E-state index is -0.910. The molecule has 1 heterocycles. The van der Waals surface area contributed by atoms with Gasteiger partial charge in [0.15, 0.2) is 0 Å². The molecule has 1 radical (unpaired) electrons. The van der Waals surface area contributed by atoms with Crippen molar-refractivity contribution in [2.75, 3.05) is 7.11 Å². The topological polar surface area (TPSA) is 91.9 Å². The summed E-state index contributed by atoms with van der Waals surface area (Å²) in [5, 5.41) is 0.484. The van der Waals surface area contributed by atoms with Crippen LogP contribution in [0.3, 0.4) is 0 Å². The van der Waals surface area contributed by atoms with Gasteiger partial charge in [0, 0.05) is 6.07 Å². The summed E-state index contributed by atoms with van der Waals surface area (Å²) in [4.78, 5) is 28.9. The Morgan fingerprint density at radius 3 is 2.20 bits per heavy atom. The van der Waals surface area contributed by atoms with E-state index in [4.69, 9.17) is 10.5 Å². The van der Waals surface area contributed by atoms with Crippen LogP contribution in [0.5, 0.6) is 5.75 Å². The molecule has 15 heavy (non-hydrogen) atoms. The van der Waals surface area contributed by atoms with Gasteiger partial charge in [0.05, 0.1) is 23.5 Å². The minimum absolute atomic E-state index is 0.0948. The first-order valence-corrected chi connectivity index (χ1v) is 4.07. The van der Waals surface area contributed by atoms with Crippen LogP contribution in [0.1, 0.15) is 0 Å². The molecule has 0 atom stereocenters. The smallest absolute Gasteiger partial charge is 0.338 e. The molecule has 0 saturated carbocycles. The molecule has 75 valence electrons. The number of carbonyl (C=O) groups is 2. The van der Waals surface area contributed by atoms with Crippen molar-refractivity contribution < 1.29 is 14.3 Å². The molecule has 0 saturated heterocycles. The number of nitrogens with one attached hydrogen (secondary N) is 1. The lowest BCUT2D eigenvalue weighted by Gasteiger charge is -2.03. The van der Waals surface area contributed by atoms with Gasteiger partial charge in [-0.3, -0.25) is 15.3 Å². The molecule has 1 aromatic rings. The molecule has 0 aromatic heterocycles. The largest absolute Gasteiger partial charge is 0.494 e. The molecule has 1 aliphatic heterocycles. The third kappa shape index (κ3) is 1.45. The molecule has 6 nitrogen and oxygen atoms in total. The van der Waals surface area contributed by atoms with Crippen molar-refractivity contribution in [3.05, 3.63) is 22.8 Å². The van der Waals surface area contributed by atoms with E-state index >= 15 is 0 Å². The van der Waals surface area contributed by atoms with Crippen LogP contribution in [0, 0.1) is 0 Å². The molecule has 0 aliphatic carbocycles. The Labute approximate surface area is 84.1 Å². The molecule has 2 rings (SSSR count). The highest BCUT2D eigenvalue weighted by atomic mass is 16.5. The number of methoxy groups -OCH3 is 1. The Hall–Kier alpha value is -2.24. The van der Waals surface area contributed by atoms with Crippen LogP contribution in [0.25, 0.3) is 0 Å². The molecule has 0 spiro atoms. The average molecular weight is 204 g/mol. The molecule has 1 aliphatic rings. The normalized spacial score (nSPS) is 13.9. The zero-order valence-corrected chi connectivity index (χ0v) is 7.77. The maximum Gasteiger partial charge on any atom is 0.338 e. The van der Waals surface area contributed by atoms with Crippen molar-refractivity contribution in [3.8, 4) is 5.75 Å². The number of hydrogen-bond donors (Lipinski definition) is 0. The van der Waals surface area contributed by atoms with Crippen LogP contribution in [-0.2, 0) is 9.59 Å². The summed E-state index contributed by atoms with van der Waals surface area (Å²) in [6.45, 7) is 0. The predicted molar refractivity (Wildman–Crippen MR) is 48.1 cm³/mol. The standard InChI is InChI=1S/C9H6N3O3/c1-15-7-3-6-5(2-4(7)10)11-8(13)9(14)12-6/h2-3,10H,1H3. The Kier molecular flexibility index (Phi) is 1.96. The summed E-state index contributed by atoms with van der Waals surface area (Å²) in [6, 6.07) is 2.74. The van der Waals surface area contributed by atoms with E-state index in [2.05, 4.69) is 9.98 Å². The maximum absolute atomic E-state index is 10.9. The van der Waals surface area contributed by atoms with Crippen molar-refractivity contribution in [2.45, 2.75) is 0 Å². The second kappa shape index (κ2) is 3.16. The molecule has 1 N–H and O–H groups in total. The van der Waals surface area contributed by atoms with Crippen molar-refractivity contribution in [1.29, 1.82) is 0 Å². The first-order chi connectivity index (χ1) is 7.11. The summed E-state index contributed by atoms with van der Waals surface area (Å²) in [5.74, 6) is -1.52. The predicted octanol–water partition coefficient (Wildman–Crippen LogP) is -1.08. The molecular formula is C9H6N3O3. The van der Waals surface area contributed by atoms with Crippen LogP contribution < -0.4 is 21.2 Å². The fourth-order valence-corrected chi connectivity index (χ4v) is 1.22. The van der Waals surface area contributed by atoms with Gasteiger partial charge in [-0.2, -0.15) is 0 Å². The second-order valence-corrected chi connectivity index (χ2v) is 2.88. The summed E-state index contributed by atoms with van der Waals surface area (Å²) in [7, 11) is 1.41. The number of ether oxygens (including phenoxy) is 1. The lowest BCUT2D eigenvalue weighted by molar-refractivity contribution is -0.135. The van der Waals surface area contributed by atoms with E-state index < -0.39 is 11.8 Å². The van der Waals surface area contributed by atoms with Crippen molar-refractivity contribution in [3.63, 3.8) is 0 Å². The van der Waals surface area contributed by atoms with Crippen molar-refractivity contribution in [1.82, 2.24) is 5.73 Å². The van der Waals surface area contributed by atoms with Gasteiger partial charge in [-0.05, 0) is 6.07 Å². The van der Waals surface area contributed by atoms with Gasteiger partial charge in [0.1, 0.15) is 5.75 Å². The summed E-state index contributed by atoms with van der Waals surface area (Å²) in [5.41, 5.74) is 7.60. The van der Waals surface area contributed by atoms with E-state index in [1.54, 1.807) is 0 Å². The van der Waals surface area contributed by atoms with E-state index in [0.29, 0.717) is 0 Å². The fourth-order valence-electron chi connectivity index (χ4n) is 1.22. The lowest BCUT2D eigenvalue weighted by Crippen LogP contribution is -2.34. The van der Waals surface area contributed by atoms with Crippen LogP contribution in [0.4, 0.5) is 5.69 Å². The Morgan fingerprint density at radius 1 is 1.13 bits per heavy atom. The SMILES string of the molecule is COc1cc2c(cc1[NH])=NC(=O)C(=O)N=2. The van der Waals surface area contributed by atoms with Gasteiger partial charge < -0.3 is 4.74 Å². The second-order valence-electron chi connectivity index (χ2n) is 2.88. The number of nitrogens with zero attached hydrogens (tertiary/aromatic N) is 2. The molecule has 2 amide bonds. The summed E-state index contributed by atoms with van der Waals surface area (Å²) < 4.78 is 4.89. The van der Waals surface area contributed by atoms with Gasteiger partial charge in [-0.25, -0.2) is 9.98 Å². The van der Waals surface area contributed by atoms with Crippen molar-refractivity contribution >= 4 is 17.5 Å². The van der Waals surface area contributed by atoms with Gasteiger partial charge in [0.2, 0.25) is 0 Å². The summed E-state index contributed by atoms with van der Waals surface area (Å²) >= 11 is 0. The van der Waals surface area contributed by atoms with Crippen LogP contribution >= 0.6 is 0 Å². The number of rotatable bonds is 1. The third-order valence-corrected chi connectivity index (χ3v) is 1.92. The van der Waals surface area contributed by atoms with Gasteiger partial charge in [0.25, 0.3) is 0 Å². The highest BCUT2D eigenvalue weighted by Gasteiger charge is 2.16. The number of amides is 2. The fraction of sp³-hybridized carbons (Fsp3) is 0.111. The van der Waals surface area contributed by atoms with Crippen molar-refractivity contribution in [2.24, 2.45) is 9.98 Å². The number of benzene rings is 1. The Balaban J connectivity index is 2.80. The van der Waals surface area contributed by atoms with Crippen LogP contribution in [-0.4, -0.2) is 18.9 Å². The van der Waals surface area contributed by atoms with E-state index in [9.17, 15) is 9.59 Å². The van der Waals surface area contributed by atoms with E-state index in [0.717, 1.165) is 0 Å². The molecule has 0 bridgehead atoms. The average Bonchev–Trinajstić information content (AvgIpc) is 2.20. The highest BCUT2D eigenvalue weighted by Crippen LogP contribution is 2.16. The van der Waals surface area contributed by atoms with Gasteiger partial charge in [-0.15, -0.1) is 0 Å². The van der Waals surface area contributed by atoms with Gasteiger partial charge in [-0.1, -0.05) is 0 Å². The molecular weight excluding hydrogens is 198 g/mol. The quantitative estimate of drug-likeness (QED) is 0.544. The Morgan fingerprint density at radius 2 is 1.67 bits per heavy atom. The monoisotopic (exact) mass is 204 g/mol. The zero-order valence-electron chi connectivity index (χ0n) is 7.77. The number of hydrogen-bond acceptors (Lipinski definition) is 3. The van der Waals surface area contributed by atoms with Crippen LogP contribution in [0.15, 0.2) is 22.1 Å². The maximum atomic E-state index is 10.9. The third-order valence-electron chi connectivity index (χ3n) is 1.92. The van der Waals surface area contributed by atoms with E-state index in [-0.39, 0.29) is 22.2 Å². The zero-order chi connectivity index (χ0) is 11.0. The van der Waals surface area contributed by atoms with E-state index in [1.165, 1.54) is 19.2 Å². The molecule has 1 aromatic carbocycles. The number of carbonyl (C=O) groups excluding carboxylic acids is 2. The first-order valence-electron chi connectivity index (χ1n) is 4.07. The highest BCUT2D eigenvalue weighted by molar-refractivity contribution is 6.36. The minimum Gasteiger partial charge on any atom is -0.494 e. The molecule has 0 fully saturated rings. The number of fused-ring (bicyclic) bond motifs is 1. The molecule has 0 unspecified atom stereocenters. The van der Waals surface area contributed by atoms with Gasteiger partial charge >= 0.3 is 11.8 Å². The lowest BCUT2D eigenvalue weighted by atomic mass is 10.2. The Bertz CT molecular complexity index is 577. The summed E-state index contributed by atoms with van der Waals surface area (Å²) in [6.07, 6.45) is 0. The molecule has 6 heteroatoms.